The minimum Gasteiger partial charge on any atom is -0.481 e. The first kappa shape index (κ1) is 17.2. The van der Waals surface area contributed by atoms with Gasteiger partial charge in [-0.25, -0.2) is 0 Å². The number of carbonyl (C=O) groups excluding carboxylic acids is 1. The van der Waals surface area contributed by atoms with Gasteiger partial charge in [0.2, 0.25) is 5.91 Å². The van der Waals surface area contributed by atoms with Gasteiger partial charge in [-0.15, -0.1) is 0 Å². The number of benzene rings is 2. The zero-order chi connectivity index (χ0) is 17.6. The highest BCUT2D eigenvalue weighted by atomic mass is 16.4. The molecule has 25 heavy (non-hydrogen) atoms. The maximum absolute atomic E-state index is 12.6. The first-order valence-electron chi connectivity index (χ1n) is 8.77. The van der Waals surface area contributed by atoms with Crippen LogP contribution in [-0.4, -0.2) is 23.0 Å². The highest BCUT2D eigenvalue weighted by molar-refractivity contribution is 5.79. The second kappa shape index (κ2) is 7.97. The van der Waals surface area contributed by atoms with Gasteiger partial charge in [-0.2, -0.15) is 0 Å². The van der Waals surface area contributed by atoms with Crippen molar-refractivity contribution < 1.29 is 14.7 Å². The third-order valence-electron chi connectivity index (χ3n) is 4.97. The van der Waals surface area contributed by atoms with Crippen molar-refractivity contribution in [2.24, 2.45) is 5.92 Å². The molecule has 1 fully saturated rings. The lowest BCUT2D eigenvalue weighted by molar-refractivity contribution is -0.142. The first-order chi connectivity index (χ1) is 12.1. The molecule has 1 aliphatic rings. The fourth-order valence-electron chi connectivity index (χ4n) is 3.68. The molecule has 1 amide bonds. The lowest BCUT2D eigenvalue weighted by Crippen LogP contribution is -2.40. The Kier molecular flexibility index (Phi) is 5.49. The Labute approximate surface area is 147 Å². The van der Waals surface area contributed by atoms with E-state index < -0.39 is 11.9 Å². The summed E-state index contributed by atoms with van der Waals surface area (Å²) < 4.78 is 0. The van der Waals surface area contributed by atoms with E-state index in [0.717, 1.165) is 24.0 Å². The van der Waals surface area contributed by atoms with E-state index >= 15 is 0 Å². The van der Waals surface area contributed by atoms with Gasteiger partial charge >= 0.3 is 5.97 Å². The number of carboxylic acid groups (broad SMARTS) is 1. The molecular weight excluding hydrogens is 314 g/mol. The predicted octanol–water partition coefficient (Wildman–Crippen LogP) is 3.58. The average molecular weight is 337 g/mol. The summed E-state index contributed by atoms with van der Waals surface area (Å²) in [6.07, 6.45) is 2.55. The summed E-state index contributed by atoms with van der Waals surface area (Å²) in [6, 6.07) is 19.7. The highest BCUT2D eigenvalue weighted by Crippen LogP contribution is 2.29. The van der Waals surface area contributed by atoms with Crippen LogP contribution in [0.1, 0.15) is 42.7 Å². The fraction of sp³-hybridized carbons (Fsp3) is 0.333. The largest absolute Gasteiger partial charge is 0.481 e. The highest BCUT2D eigenvalue weighted by Gasteiger charge is 2.34. The van der Waals surface area contributed by atoms with Gasteiger partial charge in [0.1, 0.15) is 0 Å². The van der Waals surface area contributed by atoms with Gasteiger partial charge in [-0.05, 0) is 24.0 Å². The molecule has 4 heteroatoms. The maximum atomic E-state index is 12.6. The van der Waals surface area contributed by atoms with E-state index in [1.165, 1.54) is 0 Å². The molecule has 1 saturated carbocycles. The topological polar surface area (TPSA) is 66.4 Å². The maximum Gasteiger partial charge on any atom is 0.308 e. The lowest BCUT2D eigenvalue weighted by atomic mass is 9.88. The molecule has 2 N–H and O–H groups in total. The molecule has 3 rings (SSSR count). The predicted molar refractivity (Wildman–Crippen MR) is 96.3 cm³/mol. The molecule has 1 aliphatic carbocycles. The van der Waals surface area contributed by atoms with Crippen molar-refractivity contribution in [3.8, 4) is 0 Å². The van der Waals surface area contributed by atoms with Crippen molar-refractivity contribution in [1.82, 2.24) is 5.32 Å². The van der Waals surface area contributed by atoms with Gasteiger partial charge in [0.15, 0.2) is 0 Å². The minimum absolute atomic E-state index is 0.0351. The summed E-state index contributed by atoms with van der Waals surface area (Å²) in [5, 5.41) is 12.2. The quantitative estimate of drug-likeness (QED) is 0.847. The molecule has 0 radical (unpaired) electrons. The second-order valence-corrected chi connectivity index (χ2v) is 6.63. The van der Waals surface area contributed by atoms with E-state index in [1.54, 1.807) is 0 Å². The smallest absolute Gasteiger partial charge is 0.308 e. The molecule has 0 unspecified atom stereocenters. The molecule has 2 aromatic rings. The fourth-order valence-corrected chi connectivity index (χ4v) is 3.68. The standard InChI is InChI=1S/C21H23NO3/c23-20(22-19-13-7-12-17(19)21(24)25)14-18(15-8-3-1-4-9-15)16-10-5-2-6-11-16/h1-6,8-11,17-19H,7,12-14H2,(H,22,23)(H,24,25)/t17-,19+/m1/s1. The average Bonchev–Trinajstić information content (AvgIpc) is 3.09. The molecule has 0 saturated heterocycles. The molecular formula is C21H23NO3. The van der Waals surface area contributed by atoms with Crippen LogP contribution in [0, 0.1) is 5.92 Å². The Bertz CT molecular complexity index is 675. The van der Waals surface area contributed by atoms with Gasteiger partial charge in [0.25, 0.3) is 0 Å². The Morgan fingerprint density at radius 2 is 1.52 bits per heavy atom. The monoisotopic (exact) mass is 337 g/mol. The van der Waals surface area contributed by atoms with Crippen LogP contribution in [0.2, 0.25) is 0 Å². The van der Waals surface area contributed by atoms with E-state index in [0.29, 0.717) is 12.8 Å². The first-order valence-corrected chi connectivity index (χ1v) is 8.77. The Hall–Kier alpha value is -2.62. The molecule has 4 nitrogen and oxygen atoms in total. The summed E-state index contributed by atoms with van der Waals surface area (Å²) in [5.74, 6) is -1.40. The normalized spacial score (nSPS) is 19.7. The lowest BCUT2D eigenvalue weighted by Gasteiger charge is -2.21. The summed E-state index contributed by atoms with van der Waals surface area (Å²) in [5.41, 5.74) is 2.18. The Morgan fingerprint density at radius 3 is 2.04 bits per heavy atom. The van der Waals surface area contributed by atoms with Crippen LogP contribution in [0.25, 0.3) is 0 Å². The number of carboxylic acids is 1. The van der Waals surface area contributed by atoms with Crippen LogP contribution in [0.5, 0.6) is 0 Å². The van der Waals surface area contributed by atoms with Crippen LogP contribution in [0.15, 0.2) is 60.7 Å². The van der Waals surface area contributed by atoms with Crippen molar-refractivity contribution in [1.29, 1.82) is 0 Å². The molecule has 0 heterocycles. The minimum atomic E-state index is -0.814. The van der Waals surface area contributed by atoms with E-state index in [2.05, 4.69) is 5.32 Å². The summed E-state index contributed by atoms with van der Waals surface area (Å²) >= 11 is 0. The molecule has 0 spiro atoms. The number of rotatable bonds is 6. The van der Waals surface area contributed by atoms with Crippen LogP contribution >= 0.6 is 0 Å². The number of amides is 1. The second-order valence-electron chi connectivity index (χ2n) is 6.63. The molecule has 0 aromatic heterocycles. The SMILES string of the molecule is O=C(CC(c1ccccc1)c1ccccc1)N[C@H]1CCC[C@H]1C(=O)O. The molecule has 2 atom stereocenters. The third kappa shape index (κ3) is 4.27. The van der Waals surface area contributed by atoms with Crippen molar-refractivity contribution in [2.75, 3.05) is 0 Å². The van der Waals surface area contributed by atoms with Gasteiger partial charge in [0, 0.05) is 18.4 Å². The number of aliphatic carboxylic acids is 1. The van der Waals surface area contributed by atoms with Crippen molar-refractivity contribution in [2.45, 2.75) is 37.6 Å². The van der Waals surface area contributed by atoms with E-state index in [1.807, 2.05) is 60.7 Å². The molecule has 0 aliphatic heterocycles. The number of hydrogen-bond acceptors (Lipinski definition) is 2. The molecule has 2 aromatic carbocycles. The van der Waals surface area contributed by atoms with Crippen LogP contribution < -0.4 is 5.32 Å². The van der Waals surface area contributed by atoms with Crippen LogP contribution in [0.3, 0.4) is 0 Å². The summed E-state index contributed by atoms with van der Waals surface area (Å²) in [6.45, 7) is 0. The Balaban J connectivity index is 1.74. The molecule has 0 bridgehead atoms. The summed E-state index contributed by atoms with van der Waals surface area (Å²) in [4.78, 5) is 23.9. The van der Waals surface area contributed by atoms with Crippen molar-refractivity contribution >= 4 is 11.9 Å². The Morgan fingerprint density at radius 1 is 0.960 bits per heavy atom. The van der Waals surface area contributed by atoms with E-state index in [-0.39, 0.29) is 17.9 Å². The van der Waals surface area contributed by atoms with E-state index in [4.69, 9.17) is 0 Å². The van der Waals surface area contributed by atoms with E-state index in [9.17, 15) is 14.7 Å². The van der Waals surface area contributed by atoms with Crippen LogP contribution in [0.4, 0.5) is 0 Å². The van der Waals surface area contributed by atoms with Gasteiger partial charge < -0.3 is 10.4 Å². The zero-order valence-electron chi connectivity index (χ0n) is 14.1. The van der Waals surface area contributed by atoms with Gasteiger partial charge in [-0.3, -0.25) is 9.59 Å². The number of hydrogen-bond donors (Lipinski definition) is 2. The number of carbonyl (C=O) groups is 2. The number of nitrogens with one attached hydrogen (secondary N) is 1. The van der Waals surface area contributed by atoms with Gasteiger partial charge in [-0.1, -0.05) is 67.1 Å². The third-order valence-corrected chi connectivity index (χ3v) is 4.97. The summed E-state index contributed by atoms with van der Waals surface area (Å²) in [7, 11) is 0. The van der Waals surface area contributed by atoms with Gasteiger partial charge in [0.05, 0.1) is 5.92 Å². The zero-order valence-corrected chi connectivity index (χ0v) is 14.1. The van der Waals surface area contributed by atoms with Crippen LogP contribution in [-0.2, 0) is 9.59 Å². The van der Waals surface area contributed by atoms with Crippen molar-refractivity contribution in [3.05, 3.63) is 71.8 Å². The van der Waals surface area contributed by atoms with Crippen molar-refractivity contribution in [3.63, 3.8) is 0 Å². The molecule has 130 valence electrons.